The van der Waals surface area contributed by atoms with Gasteiger partial charge >= 0.3 is 0 Å². The Bertz CT molecular complexity index is 854. The van der Waals surface area contributed by atoms with Gasteiger partial charge in [0.05, 0.1) is 25.8 Å². The normalized spacial score (nSPS) is 16.2. The standard InChI is InChI=1S/C21H23FN2O4/c1-27-17-7-8-19(28-2)18(12-17)23-21(26)15-11-20(25)24(13-15)10-9-14-3-5-16(22)6-4-14/h3-8,12,15H,9-11,13H2,1-2H3,(H,23,26). The van der Waals surface area contributed by atoms with Crippen molar-refractivity contribution in [3.63, 3.8) is 0 Å². The molecular formula is C21H23FN2O4. The number of anilines is 1. The number of carbonyl (C=O) groups excluding carboxylic acids is 2. The van der Waals surface area contributed by atoms with E-state index in [1.54, 1.807) is 42.3 Å². The van der Waals surface area contributed by atoms with Gasteiger partial charge in [-0.05, 0) is 36.2 Å². The van der Waals surface area contributed by atoms with Crippen LogP contribution < -0.4 is 14.8 Å². The number of nitrogens with one attached hydrogen (secondary N) is 1. The Labute approximate surface area is 163 Å². The van der Waals surface area contributed by atoms with E-state index in [-0.39, 0.29) is 24.1 Å². The number of likely N-dealkylation sites (tertiary alicyclic amines) is 1. The van der Waals surface area contributed by atoms with Crippen molar-refractivity contribution in [3.05, 3.63) is 53.8 Å². The van der Waals surface area contributed by atoms with E-state index in [0.717, 1.165) is 5.56 Å². The van der Waals surface area contributed by atoms with Crippen LogP contribution in [-0.2, 0) is 16.0 Å². The number of rotatable bonds is 7. The Balaban J connectivity index is 1.60. The number of benzene rings is 2. The van der Waals surface area contributed by atoms with Gasteiger partial charge in [0, 0.05) is 25.6 Å². The first-order chi connectivity index (χ1) is 13.5. The minimum atomic E-state index is -0.434. The number of carbonyl (C=O) groups is 2. The van der Waals surface area contributed by atoms with Crippen LogP contribution in [0.25, 0.3) is 0 Å². The van der Waals surface area contributed by atoms with Crippen molar-refractivity contribution in [2.75, 3.05) is 32.6 Å². The SMILES string of the molecule is COc1ccc(OC)c(NC(=O)C2CC(=O)N(CCc3ccc(F)cc3)C2)c1. The van der Waals surface area contributed by atoms with Gasteiger partial charge in [-0.1, -0.05) is 12.1 Å². The molecule has 1 aliphatic heterocycles. The molecule has 1 fully saturated rings. The summed E-state index contributed by atoms with van der Waals surface area (Å²) in [7, 11) is 3.07. The molecule has 2 aromatic rings. The summed E-state index contributed by atoms with van der Waals surface area (Å²) in [6.45, 7) is 0.856. The molecule has 0 aliphatic carbocycles. The number of ether oxygens (including phenoxy) is 2. The largest absolute Gasteiger partial charge is 0.497 e. The molecule has 148 valence electrons. The van der Waals surface area contributed by atoms with Crippen molar-refractivity contribution >= 4 is 17.5 Å². The number of methoxy groups -OCH3 is 2. The molecule has 0 spiro atoms. The predicted molar refractivity (Wildman–Crippen MR) is 103 cm³/mol. The number of halogens is 1. The van der Waals surface area contributed by atoms with Crippen molar-refractivity contribution in [2.24, 2.45) is 5.92 Å². The molecule has 1 saturated heterocycles. The quantitative estimate of drug-likeness (QED) is 0.795. The second-order valence-electron chi connectivity index (χ2n) is 6.67. The van der Waals surface area contributed by atoms with E-state index in [2.05, 4.69) is 5.32 Å². The zero-order chi connectivity index (χ0) is 20.1. The third kappa shape index (κ3) is 4.60. The van der Waals surface area contributed by atoms with Gasteiger partial charge in [-0.25, -0.2) is 4.39 Å². The van der Waals surface area contributed by atoms with Gasteiger partial charge in [0.25, 0.3) is 0 Å². The lowest BCUT2D eigenvalue weighted by molar-refractivity contribution is -0.128. The van der Waals surface area contributed by atoms with Crippen molar-refractivity contribution in [2.45, 2.75) is 12.8 Å². The molecule has 0 radical (unpaired) electrons. The second-order valence-corrected chi connectivity index (χ2v) is 6.67. The molecule has 6 nitrogen and oxygen atoms in total. The Hall–Kier alpha value is -3.09. The highest BCUT2D eigenvalue weighted by Gasteiger charge is 2.34. The first kappa shape index (κ1) is 19.7. The minimum Gasteiger partial charge on any atom is -0.497 e. The van der Waals surface area contributed by atoms with Crippen LogP contribution >= 0.6 is 0 Å². The average Bonchev–Trinajstić information content (AvgIpc) is 3.08. The fraction of sp³-hybridized carbons (Fsp3) is 0.333. The molecule has 1 unspecified atom stereocenters. The van der Waals surface area contributed by atoms with Crippen molar-refractivity contribution in [1.82, 2.24) is 4.90 Å². The van der Waals surface area contributed by atoms with Crippen LogP contribution in [0, 0.1) is 11.7 Å². The van der Waals surface area contributed by atoms with Crippen molar-refractivity contribution in [1.29, 1.82) is 0 Å². The van der Waals surface area contributed by atoms with E-state index in [1.165, 1.54) is 19.2 Å². The van der Waals surface area contributed by atoms with Crippen LogP contribution in [0.4, 0.5) is 10.1 Å². The van der Waals surface area contributed by atoms with E-state index in [1.807, 2.05) is 0 Å². The summed E-state index contributed by atoms with van der Waals surface area (Å²) in [4.78, 5) is 26.6. The van der Waals surface area contributed by atoms with Crippen LogP contribution in [-0.4, -0.2) is 44.0 Å². The molecule has 1 N–H and O–H groups in total. The van der Waals surface area contributed by atoms with Crippen LogP contribution in [0.15, 0.2) is 42.5 Å². The summed E-state index contributed by atoms with van der Waals surface area (Å²) in [6.07, 6.45) is 0.783. The zero-order valence-electron chi connectivity index (χ0n) is 15.9. The highest BCUT2D eigenvalue weighted by Crippen LogP contribution is 2.30. The van der Waals surface area contributed by atoms with Gasteiger partial charge in [-0.15, -0.1) is 0 Å². The van der Waals surface area contributed by atoms with E-state index >= 15 is 0 Å². The summed E-state index contributed by atoms with van der Waals surface area (Å²) in [6, 6.07) is 11.3. The van der Waals surface area contributed by atoms with Gasteiger partial charge in [-0.3, -0.25) is 9.59 Å². The average molecular weight is 386 g/mol. The van der Waals surface area contributed by atoms with E-state index in [4.69, 9.17) is 9.47 Å². The predicted octanol–water partition coefficient (Wildman–Crippen LogP) is 2.87. The molecular weight excluding hydrogens is 363 g/mol. The van der Waals surface area contributed by atoms with Crippen LogP contribution in [0.2, 0.25) is 0 Å². The van der Waals surface area contributed by atoms with E-state index in [9.17, 15) is 14.0 Å². The fourth-order valence-corrected chi connectivity index (χ4v) is 3.23. The first-order valence-corrected chi connectivity index (χ1v) is 9.05. The molecule has 2 amide bonds. The van der Waals surface area contributed by atoms with Crippen LogP contribution in [0.1, 0.15) is 12.0 Å². The zero-order valence-corrected chi connectivity index (χ0v) is 15.9. The summed E-state index contributed by atoms with van der Waals surface area (Å²) in [5.41, 5.74) is 1.45. The molecule has 0 bridgehead atoms. The molecule has 1 aliphatic rings. The molecule has 1 atom stereocenters. The molecule has 28 heavy (non-hydrogen) atoms. The van der Waals surface area contributed by atoms with Gasteiger partial charge in [0.15, 0.2) is 0 Å². The maximum Gasteiger partial charge on any atom is 0.229 e. The smallest absolute Gasteiger partial charge is 0.229 e. The van der Waals surface area contributed by atoms with Crippen LogP contribution in [0.5, 0.6) is 11.5 Å². The van der Waals surface area contributed by atoms with Gasteiger partial charge in [0.2, 0.25) is 11.8 Å². The summed E-state index contributed by atoms with van der Waals surface area (Å²) >= 11 is 0. The number of amides is 2. The lowest BCUT2D eigenvalue weighted by Gasteiger charge is -2.17. The van der Waals surface area contributed by atoms with Gasteiger partial charge < -0.3 is 19.7 Å². The second kappa shape index (κ2) is 8.73. The van der Waals surface area contributed by atoms with Crippen LogP contribution in [0.3, 0.4) is 0 Å². The first-order valence-electron chi connectivity index (χ1n) is 9.05. The Morgan fingerprint density at radius 2 is 1.93 bits per heavy atom. The number of hydrogen-bond donors (Lipinski definition) is 1. The molecule has 0 aromatic heterocycles. The van der Waals surface area contributed by atoms with E-state index in [0.29, 0.717) is 36.7 Å². The maximum atomic E-state index is 13.0. The highest BCUT2D eigenvalue weighted by molar-refractivity contribution is 5.98. The number of hydrogen-bond acceptors (Lipinski definition) is 4. The molecule has 2 aromatic carbocycles. The Morgan fingerprint density at radius 3 is 2.61 bits per heavy atom. The highest BCUT2D eigenvalue weighted by atomic mass is 19.1. The topological polar surface area (TPSA) is 67.9 Å². The summed E-state index contributed by atoms with van der Waals surface area (Å²) in [5.74, 6) is 0.109. The molecule has 3 rings (SSSR count). The lowest BCUT2D eigenvalue weighted by Crippen LogP contribution is -2.30. The van der Waals surface area contributed by atoms with E-state index < -0.39 is 5.92 Å². The molecule has 0 saturated carbocycles. The monoisotopic (exact) mass is 386 g/mol. The number of nitrogens with zero attached hydrogens (tertiary/aromatic N) is 1. The third-order valence-electron chi connectivity index (χ3n) is 4.83. The summed E-state index contributed by atoms with van der Waals surface area (Å²) < 4.78 is 23.4. The Morgan fingerprint density at radius 1 is 1.18 bits per heavy atom. The lowest BCUT2D eigenvalue weighted by atomic mass is 10.1. The molecule has 1 heterocycles. The Kier molecular flexibility index (Phi) is 6.13. The van der Waals surface area contributed by atoms with Crippen molar-refractivity contribution in [3.8, 4) is 11.5 Å². The van der Waals surface area contributed by atoms with Gasteiger partial charge in [0.1, 0.15) is 17.3 Å². The minimum absolute atomic E-state index is 0.0557. The third-order valence-corrected chi connectivity index (χ3v) is 4.83. The molecule has 7 heteroatoms. The van der Waals surface area contributed by atoms with Gasteiger partial charge in [-0.2, -0.15) is 0 Å². The maximum absolute atomic E-state index is 13.0. The van der Waals surface area contributed by atoms with Crippen molar-refractivity contribution < 1.29 is 23.5 Å². The summed E-state index contributed by atoms with van der Waals surface area (Å²) in [5, 5.41) is 2.83. The fourth-order valence-electron chi connectivity index (χ4n) is 3.23.